The third kappa shape index (κ3) is 4.88. The van der Waals surface area contributed by atoms with E-state index in [4.69, 9.17) is 4.74 Å². The quantitative estimate of drug-likeness (QED) is 0.477. The van der Waals surface area contributed by atoms with Crippen molar-refractivity contribution in [2.24, 2.45) is 0 Å². The molecule has 1 N–H and O–H groups in total. The number of anilines is 1. The van der Waals surface area contributed by atoms with Crippen molar-refractivity contribution in [3.8, 4) is 11.1 Å². The molecule has 7 nitrogen and oxygen atoms in total. The van der Waals surface area contributed by atoms with Gasteiger partial charge in [-0.3, -0.25) is 4.98 Å². The number of nitrogens with one attached hydrogen (secondary N) is 1. The smallest absolute Gasteiger partial charge is 0.435 e. The molecule has 0 amide bonds. The van der Waals surface area contributed by atoms with Gasteiger partial charge in [-0.25, -0.2) is 9.78 Å². The Balaban J connectivity index is 1.53. The molecule has 4 aromatic rings. The Labute approximate surface area is 181 Å². The van der Waals surface area contributed by atoms with Crippen LogP contribution in [0.15, 0.2) is 67.1 Å². The molecule has 1 atom stereocenters. The summed E-state index contributed by atoms with van der Waals surface area (Å²) in [5, 5.41) is 7.52. The summed E-state index contributed by atoms with van der Waals surface area (Å²) in [4.78, 5) is 21.4. The molecule has 2 aromatic carbocycles. The lowest BCUT2D eigenvalue weighted by molar-refractivity contribution is 0.0514. The Bertz CT molecular complexity index is 1210. The van der Waals surface area contributed by atoms with Gasteiger partial charge in [0.2, 0.25) is 0 Å². The molecule has 0 fully saturated rings. The normalized spacial score (nSPS) is 12.5. The van der Waals surface area contributed by atoms with E-state index in [1.54, 1.807) is 18.6 Å². The molecule has 158 valence electrons. The minimum atomic E-state index is -0.578. The zero-order valence-electron chi connectivity index (χ0n) is 18.0. The van der Waals surface area contributed by atoms with Crippen molar-refractivity contribution < 1.29 is 9.53 Å². The average Bonchev–Trinajstić information content (AvgIpc) is 3.23. The van der Waals surface area contributed by atoms with E-state index in [0.717, 1.165) is 22.2 Å². The SMILES string of the molecule is C[C@@H](Nc1cnc2cc(-c3cnn(C(=O)OC(C)(C)C)c3)ccc2n1)c1ccccc1. The van der Waals surface area contributed by atoms with Crippen molar-refractivity contribution in [3.05, 3.63) is 72.7 Å². The van der Waals surface area contributed by atoms with Crippen molar-refractivity contribution in [2.45, 2.75) is 39.3 Å². The lowest BCUT2D eigenvalue weighted by Crippen LogP contribution is -2.27. The molecule has 4 rings (SSSR count). The second-order valence-electron chi connectivity index (χ2n) is 8.39. The average molecular weight is 415 g/mol. The Morgan fingerprint density at radius 1 is 1.03 bits per heavy atom. The Hall–Kier alpha value is -3.74. The van der Waals surface area contributed by atoms with Crippen LogP contribution in [-0.4, -0.2) is 31.4 Å². The molecule has 7 heteroatoms. The standard InChI is InChI=1S/C24H25N5O2/c1-16(17-8-6-5-7-9-17)27-22-14-25-21-12-18(10-11-20(21)28-22)19-13-26-29(15-19)23(30)31-24(2,3)4/h5-16H,1-4H3,(H,27,28)/t16-/m1/s1. The van der Waals surface area contributed by atoms with E-state index in [0.29, 0.717) is 5.82 Å². The number of hydrogen-bond acceptors (Lipinski definition) is 6. The molecule has 0 unspecified atom stereocenters. The van der Waals surface area contributed by atoms with E-state index in [1.807, 2.05) is 57.2 Å². The highest BCUT2D eigenvalue weighted by Crippen LogP contribution is 2.24. The van der Waals surface area contributed by atoms with Gasteiger partial charge in [0, 0.05) is 17.8 Å². The third-order valence-corrected chi connectivity index (χ3v) is 4.70. The van der Waals surface area contributed by atoms with Crippen LogP contribution < -0.4 is 5.32 Å². The summed E-state index contributed by atoms with van der Waals surface area (Å²) in [5.41, 5.74) is 3.85. The predicted molar refractivity (Wildman–Crippen MR) is 121 cm³/mol. The van der Waals surface area contributed by atoms with Crippen LogP contribution in [0.1, 0.15) is 39.3 Å². The molecule has 0 aliphatic rings. The number of hydrogen-bond donors (Lipinski definition) is 1. The summed E-state index contributed by atoms with van der Waals surface area (Å²) in [5.74, 6) is 0.717. The minimum absolute atomic E-state index is 0.117. The van der Waals surface area contributed by atoms with Crippen LogP contribution >= 0.6 is 0 Å². The Morgan fingerprint density at radius 3 is 2.55 bits per heavy atom. The number of aromatic nitrogens is 4. The molecular weight excluding hydrogens is 390 g/mol. The summed E-state index contributed by atoms with van der Waals surface area (Å²) in [6.45, 7) is 7.55. The second kappa shape index (κ2) is 8.18. The van der Waals surface area contributed by atoms with E-state index < -0.39 is 11.7 Å². The largest absolute Gasteiger partial charge is 0.442 e. The van der Waals surface area contributed by atoms with Crippen molar-refractivity contribution in [1.82, 2.24) is 19.7 Å². The summed E-state index contributed by atoms with van der Waals surface area (Å²) < 4.78 is 6.55. The molecule has 0 saturated carbocycles. The van der Waals surface area contributed by atoms with E-state index in [2.05, 4.69) is 39.4 Å². The summed E-state index contributed by atoms with van der Waals surface area (Å²) >= 11 is 0. The highest BCUT2D eigenvalue weighted by molar-refractivity contribution is 5.82. The molecule has 0 bridgehead atoms. The van der Waals surface area contributed by atoms with Crippen molar-refractivity contribution in [3.63, 3.8) is 0 Å². The van der Waals surface area contributed by atoms with Gasteiger partial charge in [-0.1, -0.05) is 36.4 Å². The molecular formula is C24H25N5O2. The molecule has 0 saturated heterocycles. The van der Waals surface area contributed by atoms with Gasteiger partial charge in [0.1, 0.15) is 11.4 Å². The first-order valence-electron chi connectivity index (χ1n) is 10.2. The number of benzene rings is 2. The molecule has 0 aliphatic carbocycles. The molecule has 0 aliphatic heterocycles. The van der Waals surface area contributed by atoms with Crippen LogP contribution in [0.5, 0.6) is 0 Å². The van der Waals surface area contributed by atoms with E-state index in [1.165, 1.54) is 10.2 Å². The molecule has 0 radical (unpaired) electrons. The predicted octanol–water partition coefficient (Wildman–Crippen LogP) is 5.45. The summed E-state index contributed by atoms with van der Waals surface area (Å²) in [6.07, 6.45) is 4.51. The topological polar surface area (TPSA) is 81.9 Å². The first-order chi connectivity index (χ1) is 14.8. The highest BCUT2D eigenvalue weighted by atomic mass is 16.6. The third-order valence-electron chi connectivity index (χ3n) is 4.70. The zero-order chi connectivity index (χ0) is 22.0. The fraction of sp³-hybridized carbons (Fsp3) is 0.250. The maximum atomic E-state index is 12.2. The van der Waals surface area contributed by atoms with Crippen LogP contribution in [0, 0.1) is 0 Å². The van der Waals surface area contributed by atoms with Gasteiger partial charge in [0.05, 0.1) is 23.4 Å². The number of rotatable bonds is 4. The second-order valence-corrected chi connectivity index (χ2v) is 8.39. The van der Waals surface area contributed by atoms with Gasteiger partial charge < -0.3 is 10.1 Å². The van der Waals surface area contributed by atoms with Gasteiger partial charge in [-0.2, -0.15) is 9.78 Å². The molecule has 2 heterocycles. The molecule has 31 heavy (non-hydrogen) atoms. The van der Waals surface area contributed by atoms with Gasteiger partial charge in [0.25, 0.3) is 0 Å². The van der Waals surface area contributed by atoms with Gasteiger partial charge in [-0.15, -0.1) is 0 Å². The summed E-state index contributed by atoms with van der Waals surface area (Å²) in [6, 6.07) is 16.1. The van der Waals surface area contributed by atoms with E-state index in [-0.39, 0.29) is 6.04 Å². The maximum absolute atomic E-state index is 12.2. The van der Waals surface area contributed by atoms with Crippen LogP contribution in [-0.2, 0) is 4.74 Å². The number of carbonyl (C=O) groups is 1. The number of nitrogens with zero attached hydrogens (tertiary/aromatic N) is 4. The van der Waals surface area contributed by atoms with Crippen LogP contribution in [0.25, 0.3) is 22.2 Å². The Morgan fingerprint density at radius 2 is 1.81 bits per heavy atom. The maximum Gasteiger partial charge on any atom is 0.435 e. The Kier molecular flexibility index (Phi) is 5.42. The lowest BCUT2D eigenvalue weighted by Gasteiger charge is -2.18. The highest BCUT2D eigenvalue weighted by Gasteiger charge is 2.19. The molecule has 0 spiro atoms. The first-order valence-corrected chi connectivity index (χ1v) is 10.2. The lowest BCUT2D eigenvalue weighted by atomic mass is 10.1. The number of carbonyl (C=O) groups excluding carboxylic acids is 1. The van der Waals surface area contributed by atoms with Crippen LogP contribution in [0.2, 0.25) is 0 Å². The van der Waals surface area contributed by atoms with Gasteiger partial charge in [0.15, 0.2) is 0 Å². The number of ether oxygens (including phenoxy) is 1. The number of fused-ring (bicyclic) bond motifs is 1. The van der Waals surface area contributed by atoms with Gasteiger partial charge >= 0.3 is 6.09 Å². The fourth-order valence-corrected chi connectivity index (χ4v) is 3.19. The fourth-order valence-electron chi connectivity index (χ4n) is 3.19. The van der Waals surface area contributed by atoms with Crippen LogP contribution in [0.3, 0.4) is 0 Å². The van der Waals surface area contributed by atoms with Crippen molar-refractivity contribution in [2.75, 3.05) is 5.32 Å². The summed E-state index contributed by atoms with van der Waals surface area (Å²) in [7, 11) is 0. The molecule has 2 aromatic heterocycles. The van der Waals surface area contributed by atoms with Crippen molar-refractivity contribution in [1.29, 1.82) is 0 Å². The van der Waals surface area contributed by atoms with E-state index in [9.17, 15) is 4.79 Å². The van der Waals surface area contributed by atoms with E-state index >= 15 is 0 Å². The van der Waals surface area contributed by atoms with Crippen LogP contribution in [0.4, 0.5) is 10.6 Å². The minimum Gasteiger partial charge on any atom is -0.442 e. The first kappa shape index (κ1) is 20.5. The monoisotopic (exact) mass is 415 g/mol. The van der Waals surface area contributed by atoms with Crippen molar-refractivity contribution >= 4 is 22.9 Å². The van der Waals surface area contributed by atoms with Gasteiger partial charge in [-0.05, 0) is 51.0 Å². The zero-order valence-corrected chi connectivity index (χ0v) is 18.0.